The molecule has 0 bridgehead atoms. The lowest BCUT2D eigenvalue weighted by molar-refractivity contribution is -0.00966. The zero-order valence-corrected chi connectivity index (χ0v) is 13.6. The number of rotatable bonds is 5. The van der Waals surface area contributed by atoms with Crippen LogP contribution in [0.15, 0.2) is 18.2 Å². The first kappa shape index (κ1) is 16.1. The summed E-state index contributed by atoms with van der Waals surface area (Å²) in [7, 11) is 0. The van der Waals surface area contributed by atoms with Crippen molar-refractivity contribution in [1.29, 1.82) is 0 Å². The zero-order chi connectivity index (χ0) is 14.6. The van der Waals surface area contributed by atoms with Gasteiger partial charge in [0, 0.05) is 47.3 Å². The SMILES string of the molecule is CC(C)(CNCc1c(Cl)cccc1Cl)N1CCOCC1. The molecule has 1 heterocycles. The molecular formula is C15H22Cl2N2O. The van der Waals surface area contributed by atoms with E-state index >= 15 is 0 Å². The summed E-state index contributed by atoms with van der Waals surface area (Å²) in [5.74, 6) is 0. The predicted octanol–water partition coefficient (Wildman–Crippen LogP) is 3.19. The molecule has 112 valence electrons. The Bertz CT molecular complexity index is 425. The molecule has 1 aliphatic heterocycles. The molecule has 1 aromatic rings. The lowest BCUT2D eigenvalue weighted by Crippen LogP contribution is -2.54. The first-order valence-corrected chi connectivity index (χ1v) is 7.73. The normalized spacial score (nSPS) is 17.4. The monoisotopic (exact) mass is 316 g/mol. The van der Waals surface area contributed by atoms with Gasteiger partial charge in [-0.05, 0) is 26.0 Å². The highest BCUT2D eigenvalue weighted by Crippen LogP contribution is 2.24. The highest BCUT2D eigenvalue weighted by molar-refractivity contribution is 6.35. The van der Waals surface area contributed by atoms with Crippen LogP contribution >= 0.6 is 23.2 Å². The molecule has 1 aromatic carbocycles. The first-order valence-electron chi connectivity index (χ1n) is 6.97. The molecule has 0 radical (unpaired) electrons. The predicted molar refractivity (Wildman–Crippen MR) is 84.6 cm³/mol. The average molecular weight is 317 g/mol. The minimum atomic E-state index is 0.0948. The summed E-state index contributed by atoms with van der Waals surface area (Å²) in [6.07, 6.45) is 0. The van der Waals surface area contributed by atoms with Gasteiger partial charge in [-0.3, -0.25) is 4.90 Å². The van der Waals surface area contributed by atoms with Crippen LogP contribution in [0.4, 0.5) is 0 Å². The zero-order valence-electron chi connectivity index (χ0n) is 12.1. The van der Waals surface area contributed by atoms with Crippen molar-refractivity contribution >= 4 is 23.2 Å². The Morgan fingerprint density at radius 1 is 1.20 bits per heavy atom. The fourth-order valence-corrected chi connectivity index (χ4v) is 3.01. The highest BCUT2D eigenvalue weighted by Gasteiger charge is 2.27. The summed E-state index contributed by atoms with van der Waals surface area (Å²) in [6.45, 7) is 9.68. The van der Waals surface area contributed by atoms with Gasteiger partial charge in [0.25, 0.3) is 0 Å². The summed E-state index contributed by atoms with van der Waals surface area (Å²) >= 11 is 12.4. The van der Waals surface area contributed by atoms with Gasteiger partial charge >= 0.3 is 0 Å². The van der Waals surface area contributed by atoms with Crippen molar-refractivity contribution in [2.24, 2.45) is 0 Å². The van der Waals surface area contributed by atoms with Crippen LogP contribution in [-0.2, 0) is 11.3 Å². The Hall–Kier alpha value is -0.320. The number of benzene rings is 1. The Morgan fingerprint density at radius 2 is 1.80 bits per heavy atom. The molecule has 2 rings (SSSR count). The van der Waals surface area contributed by atoms with Gasteiger partial charge in [0.05, 0.1) is 13.2 Å². The molecule has 0 atom stereocenters. The van der Waals surface area contributed by atoms with E-state index < -0.39 is 0 Å². The van der Waals surface area contributed by atoms with Crippen LogP contribution in [0.2, 0.25) is 10.0 Å². The van der Waals surface area contributed by atoms with Crippen LogP contribution in [0.5, 0.6) is 0 Å². The first-order chi connectivity index (χ1) is 9.50. The van der Waals surface area contributed by atoms with Crippen molar-refractivity contribution < 1.29 is 4.74 Å². The van der Waals surface area contributed by atoms with Crippen LogP contribution < -0.4 is 5.32 Å². The second kappa shape index (κ2) is 7.10. The van der Waals surface area contributed by atoms with E-state index in [1.165, 1.54) is 0 Å². The van der Waals surface area contributed by atoms with E-state index in [0.29, 0.717) is 16.6 Å². The van der Waals surface area contributed by atoms with Gasteiger partial charge < -0.3 is 10.1 Å². The molecule has 0 aliphatic carbocycles. The average Bonchev–Trinajstić information content (AvgIpc) is 2.43. The maximum atomic E-state index is 6.18. The number of nitrogens with zero attached hydrogens (tertiary/aromatic N) is 1. The molecule has 1 fully saturated rings. The lowest BCUT2D eigenvalue weighted by atomic mass is 10.0. The van der Waals surface area contributed by atoms with Crippen LogP contribution in [0.1, 0.15) is 19.4 Å². The van der Waals surface area contributed by atoms with E-state index in [2.05, 4.69) is 24.1 Å². The van der Waals surface area contributed by atoms with E-state index in [1.54, 1.807) is 0 Å². The number of nitrogens with one attached hydrogen (secondary N) is 1. The fourth-order valence-electron chi connectivity index (χ4n) is 2.48. The maximum Gasteiger partial charge on any atom is 0.0594 e. The van der Waals surface area contributed by atoms with Gasteiger partial charge in [-0.25, -0.2) is 0 Å². The van der Waals surface area contributed by atoms with Crippen LogP contribution in [0.3, 0.4) is 0 Å². The third-order valence-electron chi connectivity index (χ3n) is 3.79. The summed E-state index contributed by atoms with van der Waals surface area (Å²) in [6, 6.07) is 5.61. The maximum absolute atomic E-state index is 6.18. The molecule has 0 amide bonds. The number of hydrogen-bond acceptors (Lipinski definition) is 3. The molecule has 1 aliphatic rings. The van der Waals surface area contributed by atoms with Gasteiger partial charge in [0.15, 0.2) is 0 Å². The molecule has 1 N–H and O–H groups in total. The number of morpholine rings is 1. The van der Waals surface area contributed by atoms with E-state index in [4.69, 9.17) is 27.9 Å². The van der Waals surface area contributed by atoms with Crippen molar-refractivity contribution in [3.8, 4) is 0 Å². The van der Waals surface area contributed by atoms with Crippen molar-refractivity contribution in [3.05, 3.63) is 33.8 Å². The second-order valence-corrected chi connectivity index (χ2v) is 6.53. The van der Waals surface area contributed by atoms with E-state index in [9.17, 15) is 0 Å². The molecule has 0 unspecified atom stereocenters. The van der Waals surface area contributed by atoms with Gasteiger partial charge in [0.1, 0.15) is 0 Å². The van der Waals surface area contributed by atoms with Crippen LogP contribution in [-0.4, -0.2) is 43.3 Å². The fraction of sp³-hybridized carbons (Fsp3) is 0.600. The number of hydrogen-bond donors (Lipinski definition) is 1. The Labute approximate surface area is 131 Å². The molecule has 20 heavy (non-hydrogen) atoms. The molecule has 5 heteroatoms. The molecule has 0 spiro atoms. The van der Waals surface area contributed by atoms with Crippen molar-refractivity contribution in [1.82, 2.24) is 10.2 Å². The second-order valence-electron chi connectivity index (χ2n) is 5.72. The number of ether oxygens (including phenoxy) is 1. The van der Waals surface area contributed by atoms with Gasteiger partial charge in [0.2, 0.25) is 0 Å². The van der Waals surface area contributed by atoms with Crippen LogP contribution in [0, 0.1) is 0 Å². The largest absolute Gasteiger partial charge is 0.379 e. The minimum absolute atomic E-state index is 0.0948. The summed E-state index contributed by atoms with van der Waals surface area (Å²) in [4.78, 5) is 2.46. The summed E-state index contributed by atoms with van der Waals surface area (Å²) in [5, 5.41) is 4.90. The molecular weight excluding hydrogens is 295 g/mol. The van der Waals surface area contributed by atoms with Gasteiger partial charge in [-0.1, -0.05) is 29.3 Å². The Balaban J connectivity index is 1.88. The lowest BCUT2D eigenvalue weighted by Gasteiger charge is -2.41. The smallest absolute Gasteiger partial charge is 0.0594 e. The van der Waals surface area contributed by atoms with Crippen molar-refractivity contribution in [2.75, 3.05) is 32.8 Å². The minimum Gasteiger partial charge on any atom is -0.379 e. The molecule has 0 aromatic heterocycles. The van der Waals surface area contributed by atoms with E-state index in [-0.39, 0.29) is 5.54 Å². The van der Waals surface area contributed by atoms with Crippen molar-refractivity contribution in [2.45, 2.75) is 25.9 Å². The molecule has 1 saturated heterocycles. The van der Waals surface area contributed by atoms with Gasteiger partial charge in [-0.2, -0.15) is 0 Å². The molecule has 0 saturated carbocycles. The quantitative estimate of drug-likeness (QED) is 0.903. The standard InChI is InChI=1S/C15H22Cl2N2O/c1-15(2,19-6-8-20-9-7-19)11-18-10-12-13(16)4-3-5-14(12)17/h3-5,18H,6-11H2,1-2H3. The third-order valence-corrected chi connectivity index (χ3v) is 4.50. The van der Waals surface area contributed by atoms with E-state index in [0.717, 1.165) is 38.4 Å². The van der Waals surface area contributed by atoms with Gasteiger partial charge in [-0.15, -0.1) is 0 Å². The summed E-state index contributed by atoms with van der Waals surface area (Å²) < 4.78 is 5.40. The number of halogens is 2. The van der Waals surface area contributed by atoms with Crippen molar-refractivity contribution in [3.63, 3.8) is 0 Å². The topological polar surface area (TPSA) is 24.5 Å². The van der Waals surface area contributed by atoms with Crippen LogP contribution in [0.25, 0.3) is 0 Å². The molecule has 3 nitrogen and oxygen atoms in total. The summed E-state index contributed by atoms with van der Waals surface area (Å²) in [5.41, 5.74) is 1.06. The Kier molecular flexibility index (Phi) is 5.70. The highest BCUT2D eigenvalue weighted by atomic mass is 35.5. The van der Waals surface area contributed by atoms with E-state index in [1.807, 2.05) is 18.2 Å². The third kappa shape index (κ3) is 4.09. The Morgan fingerprint density at radius 3 is 2.40 bits per heavy atom.